The van der Waals surface area contributed by atoms with E-state index in [0.29, 0.717) is 13.1 Å². The SMILES string of the molecule is O=C(NCc1cccc2ccccc12)NCC1(CO)CC1. The Labute approximate surface area is 124 Å². The lowest BCUT2D eigenvalue weighted by Crippen LogP contribution is -2.39. The summed E-state index contributed by atoms with van der Waals surface area (Å²) in [5, 5.41) is 17.3. The number of carbonyl (C=O) groups is 1. The minimum absolute atomic E-state index is 0.0587. The monoisotopic (exact) mass is 284 g/mol. The van der Waals surface area contributed by atoms with Gasteiger partial charge in [-0.2, -0.15) is 0 Å². The van der Waals surface area contributed by atoms with E-state index in [2.05, 4.69) is 28.8 Å². The summed E-state index contributed by atoms with van der Waals surface area (Å²) in [4.78, 5) is 11.8. The number of amides is 2. The van der Waals surface area contributed by atoms with E-state index in [4.69, 9.17) is 0 Å². The number of aliphatic hydroxyl groups excluding tert-OH is 1. The molecular weight excluding hydrogens is 264 g/mol. The van der Waals surface area contributed by atoms with Crippen LogP contribution in [0.25, 0.3) is 10.8 Å². The van der Waals surface area contributed by atoms with Crippen LogP contribution in [0.3, 0.4) is 0 Å². The van der Waals surface area contributed by atoms with Crippen LogP contribution in [0.4, 0.5) is 4.79 Å². The third-order valence-electron chi connectivity index (χ3n) is 4.24. The maximum Gasteiger partial charge on any atom is 0.315 e. The van der Waals surface area contributed by atoms with Crippen molar-refractivity contribution in [3.63, 3.8) is 0 Å². The van der Waals surface area contributed by atoms with Gasteiger partial charge in [-0.15, -0.1) is 0 Å². The zero-order chi connectivity index (χ0) is 14.7. The van der Waals surface area contributed by atoms with Gasteiger partial charge in [-0.25, -0.2) is 4.79 Å². The highest BCUT2D eigenvalue weighted by molar-refractivity contribution is 5.86. The second kappa shape index (κ2) is 5.74. The molecule has 0 heterocycles. The minimum atomic E-state index is -0.178. The van der Waals surface area contributed by atoms with Crippen LogP contribution in [0.15, 0.2) is 42.5 Å². The molecule has 0 spiro atoms. The molecule has 0 radical (unpaired) electrons. The van der Waals surface area contributed by atoms with Crippen molar-refractivity contribution in [2.75, 3.05) is 13.2 Å². The summed E-state index contributed by atoms with van der Waals surface area (Å²) < 4.78 is 0. The van der Waals surface area contributed by atoms with E-state index < -0.39 is 0 Å². The summed E-state index contributed by atoms with van der Waals surface area (Å²) in [6.07, 6.45) is 1.99. The fourth-order valence-electron chi connectivity index (χ4n) is 2.52. The molecule has 0 aliphatic heterocycles. The summed E-state index contributed by atoms with van der Waals surface area (Å²) in [7, 11) is 0. The van der Waals surface area contributed by atoms with Crippen LogP contribution in [0.5, 0.6) is 0 Å². The van der Waals surface area contributed by atoms with Gasteiger partial charge in [-0.3, -0.25) is 0 Å². The van der Waals surface area contributed by atoms with E-state index in [0.717, 1.165) is 23.8 Å². The number of rotatable bonds is 5. The molecule has 0 bridgehead atoms. The summed E-state index contributed by atoms with van der Waals surface area (Å²) in [5.41, 5.74) is 1.04. The highest BCUT2D eigenvalue weighted by atomic mass is 16.3. The lowest BCUT2D eigenvalue weighted by molar-refractivity contribution is 0.203. The van der Waals surface area contributed by atoms with E-state index in [9.17, 15) is 9.90 Å². The number of carbonyl (C=O) groups excluding carboxylic acids is 1. The van der Waals surface area contributed by atoms with Crippen molar-refractivity contribution < 1.29 is 9.90 Å². The topological polar surface area (TPSA) is 61.4 Å². The van der Waals surface area contributed by atoms with Crippen LogP contribution in [0, 0.1) is 5.41 Å². The number of benzene rings is 2. The Kier molecular flexibility index (Phi) is 3.80. The Bertz CT molecular complexity index is 645. The molecule has 1 aliphatic rings. The first kappa shape index (κ1) is 13.9. The lowest BCUT2D eigenvalue weighted by atomic mass is 10.0. The molecule has 110 valence electrons. The molecule has 3 N–H and O–H groups in total. The average Bonchev–Trinajstić information content (AvgIpc) is 3.31. The highest BCUT2D eigenvalue weighted by Gasteiger charge is 2.42. The first-order valence-electron chi connectivity index (χ1n) is 7.32. The molecule has 0 unspecified atom stereocenters. The van der Waals surface area contributed by atoms with Crippen LogP contribution < -0.4 is 10.6 Å². The third-order valence-corrected chi connectivity index (χ3v) is 4.24. The summed E-state index contributed by atoms with van der Waals surface area (Å²) in [6.45, 7) is 1.20. The van der Waals surface area contributed by atoms with Gasteiger partial charge in [0.15, 0.2) is 0 Å². The Morgan fingerprint density at radius 3 is 2.62 bits per heavy atom. The van der Waals surface area contributed by atoms with Gasteiger partial charge < -0.3 is 15.7 Å². The van der Waals surface area contributed by atoms with Crippen LogP contribution >= 0.6 is 0 Å². The molecule has 4 heteroatoms. The van der Waals surface area contributed by atoms with Crippen molar-refractivity contribution >= 4 is 16.8 Å². The van der Waals surface area contributed by atoms with E-state index in [1.807, 2.05) is 24.3 Å². The molecule has 1 saturated carbocycles. The van der Waals surface area contributed by atoms with Crippen LogP contribution in [0.2, 0.25) is 0 Å². The maximum absolute atomic E-state index is 11.8. The van der Waals surface area contributed by atoms with Crippen molar-refractivity contribution in [3.05, 3.63) is 48.0 Å². The first-order valence-corrected chi connectivity index (χ1v) is 7.32. The first-order chi connectivity index (χ1) is 10.2. The molecule has 2 aromatic carbocycles. The largest absolute Gasteiger partial charge is 0.396 e. The number of hydrogen-bond acceptors (Lipinski definition) is 2. The fourth-order valence-corrected chi connectivity index (χ4v) is 2.52. The Balaban J connectivity index is 1.57. The molecule has 2 aromatic rings. The van der Waals surface area contributed by atoms with Crippen molar-refractivity contribution in [3.8, 4) is 0 Å². The van der Waals surface area contributed by atoms with Gasteiger partial charge >= 0.3 is 6.03 Å². The number of nitrogens with one attached hydrogen (secondary N) is 2. The van der Waals surface area contributed by atoms with Crippen LogP contribution in [-0.4, -0.2) is 24.3 Å². The molecule has 21 heavy (non-hydrogen) atoms. The van der Waals surface area contributed by atoms with Crippen molar-refractivity contribution in [2.45, 2.75) is 19.4 Å². The van der Waals surface area contributed by atoms with Gasteiger partial charge in [0.1, 0.15) is 0 Å². The molecule has 0 atom stereocenters. The van der Waals surface area contributed by atoms with Crippen molar-refractivity contribution in [1.29, 1.82) is 0 Å². The zero-order valence-corrected chi connectivity index (χ0v) is 11.9. The molecule has 0 aromatic heterocycles. The maximum atomic E-state index is 11.8. The van der Waals surface area contributed by atoms with Gasteiger partial charge in [0, 0.05) is 18.5 Å². The molecular formula is C17H20N2O2. The zero-order valence-electron chi connectivity index (χ0n) is 11.9. The second-order valence-electron chi connectivity index (χ2n) is 5.83. The summed E-state index contributed by atoms with van der Waals surface area (Å²) in [5.74, 6) is 0. The van der Waals surface area contributed by atoms with Crippen LogP contribution in [0.1, 0.15) is 18.4 Å². The van der Waals surface area contributed by atoms with E-state index in [-0.39, 0.29) is 18.1 Å². The fraction of sp³-hybridized carbons (Fsp3) is 0.353. The number of hydrogen-bond donors (Lipinski definition) is 3. The normalized spacial score (nSPS) is 15.7. The van der Waals surface area contributed by atoms with Gasteiger partial charge in [0.2, 0.25) is 0 Å². The van der Waals surface area contributed by atoms with Crippen LogP contribution in [-0.2, 0) is 6.54 Å². The Morgan fingerprint density at radius 1 is 1.10 bits per heavy atom. The molecule has 1 fully saturated rings. The van der Waals surface area contributed by atoms with E-state index >= 15 is 0 Å². The standard InChI is InChI=1S/C17H20N2O2/c20-12-17(8-9-17)11-19-16(21)18-10-14-6-3-5-13-4-1-2-7-15(13)14/h1-7,20H,8-12H2,(H2,18,19,21). The van der Waals surface area contributed by atoms with E-state index in [1.54, 1.807) is 0 Å². The predicted octanol–water partition coefficient (Wildman–Crippen LogP) is 2.41. The van der Waals surface area contributed by atoms with Gasteiger partial charge in [0.05, 0.1) is 6.61 Å². The number of urea groups is 1. The summed E-state index contributed by atoms with van der Waals surface area (Å²) in [6, 6.07) is 14.1. The lowest BCUT2D eigenvalue weighted by Gasteiger charge is -2.14. The molecule has 2 amide bonds. The number of fused-ring (bicyclic) bond motifs is 1. The molecule has 1 aliphatic carbocycles. The molecule has 4 nitrogen and oxygen atoms in total. The highest BCUT2D eigenvalue weighted by Crippen LogP contribution is 2.44. The average molecular weight is 284 g/mol. The Morgan fingerprint density at radius 2 is 1.86 bits per heavy atom. The van der Waals surface area contributed by atoms with E-state index in [1.165, 1.54) is 5.39 Å². The molecule has 3 rings (SSSR count). The Hall–Kier alpha value is -2.07. The van der Waals surface area contributed by atoms with Crippen molar-refractivity contribution in [1.82, 2.24) is 10.6 Å². The minimum Gasteiger partial charge on any atom is -0.396 e. The summed E-state index contributed by atoms with van der Waals surface area (Å²) >= 11 is 0. The van der Waals surface area contributed by atoms with Gasteiger partial charge in [-0.1, -0.05) is 42.5 Å². The van der Waals surface area contributed by atoms with Gasteiger partial charge in [-0.05, 0) is 29.2 Å². The van der Waals surface area contributed by atoms with Gasteiger partial charge in [0.25, 0.3) is 0 Å². The molecule has 0 saturated heterocycles. The van der Waals surface area contributed by atoms with Crippen molar-refractivity contribution in [2.24, 2.45) is 5.41 Å². The second-order valence-corrected chi connectivity index (χ2v) is 5.83. The number of aliphatic hydroxyl groups is 1. The quantitative estimate of drug-likeness (QED) is 0.789. The third kappa shape index (κ3) is 3.16. The smallest absolute Gasteiger partial charge is 0.315 e. The predicted molar refractivity (Wildman–Crippen MR) is 82.9 cm³/mol.